The minimum Gasteiger partial charge on any atom is -0.461 e. The van der Waals surface area contributed by atoms with E-state index in [0.29, 0.717) is 32.0 Å². The Morgan fingerprint density at radius 2 is 1.76 bits per heavy atom. The summed E-state index contributed by atoms with van der Waals surface area (Å²) in [4.78, 5) is 64.5. The van der Waals surface area contributed by atoms with Gasteiger partial charge < -0.3 is 35.5 Å². The monoisotopic (exact) mass is 689 g/mol. The van der Waals surface area contributed by atoms with Crippen LogP contribution in [-0.2, 0) is 41.5 Å². The van der Waals surface area contributed by atoms with Crippen LogP contribution in [0, 0.1) is 17.8 Å². The summed E-state index contributed by atoms with van der Waals surface area (Å²) in [6.45, 7) is 5.06. The van der Waals surface area contributed by atoms with Gasteiger partial charge in [0.15, 0.2) is 11.9 Å². The second-order valence-electron chi connectivity index (χ2n) is 13.9. The molecule has 1 saturated heterocycles. The Kier molecular flexibility index (Phi) is 13.1. The van der Waals surface area contributed by atoms with Crippen LogP contribution in [0.4, 0.5) is 0 Å². The second-order valence-corrected chi connectivity index (χ2v) is 13.9. The quantitative estimate of drug-likeness (QED) is 0.175. The number of aliphatic hydroxyl groups excluding tert-OH is 1. The number of Topliss-reactive ketones (excluding diaryl/α,β-unsaturated/α-hetero) is 1. The van der Waals surface area contributed by atoms with Gasteiger partial charge in [-0.15, -0.1) is 0 Å². The van der Waals surface area contributed by atoms with Crippen LogP contribution >= 0.6 is 0 Å². The van der Waals surface area contributed by atoms with Gasteiger partial charge in [0.2, 0.25) is 11.8 Å². The van der Waals surface area contributed by atoms with Gasteiger partial charge in [0, 0.05) is 43.9 Å². The number of imidazole rings is 1. The third-order valence-corrected chi connectivity index (χ3v) is 10.0. The number of aromatic amines is 1. The summed E-state index contributed by atoms with van der Waals surface area (Å²) >= 11 is 0. The highest BCUT2D eigenvalue weighted by Crippen LogP contribution is 2.31. The molecule has 5 atom stereocenters. The van der Waals surface area contributed by atoms with Gasteiger partial charge in [-0.25, -0.2) is 9.78 Å². The summed E-state index contributed by atoms with van der Waals surface area (Å²) in [7, 11) is 0. The van der Waals surface area contributed by atoms with Crippen molar-refractivity contribution in [3.8, 4) is 0 Å². The molecule has 2 heterocycles. The van der Waals surface area contributed by atoms with Crippen LogP contribution in [0.2, 0.25) is 0 Å². The molecule has 12 heteroatoms. The molecule has 5 rings (SSSR count). The van der Waals surface area contributed by atoms with E-state index in [1.165, 1.54) is 6.33 Å². The molecular formula is C38H51N5O7. The van der Waals surface area contributed by atoms with Crippen molar-refractivity contribution in [2.24, 2.45) is 23.5 Å². The number of hydrogen-bond donors (Lipinski definition) is 4. The molecule has 2 aromatic carbocycles. The number of nitrogens with zero attached hydrogens (tertiary/aromatic N) is 2. The first-order valence-electron chi connectivity index (χ1n) is 17.9. The van der Waals surface area contributed by atoms with E-state index < -0.39 is 53.8 Å². The number of aromatic nitrogens is 2. The number of benzene rings is 2. The number of amides is 2. The Hall–Kier alpha value is -4.13. The maximum atomic E-state index is 14.7. The average molecular weight is 690 g/mol. The second kappa shape index (κ2) is 17.7. The summed E-state index contributed by atoms with van der Waals surface area (Å²) in [5, 5.41) is 16.3. The molecule has 0 bridgehead atoms. The highest BCUT2D eigenvalue weighted by atomic mass is 16.6. The lowest BCUT2D eigenvalue weighted by Gasteiger charge is -2.36. The number of nitrogens with two attached hydrogens (primary N) is 1. The first-order valence-corrected chi connectivity index (χ1v) is 17.9. The number of carbonyl (C=O) groups is 4. The van der Waals surface area contributed by atoms with Gasteiger partial charge in [-0.2, -0.15) is 0 Å². The minimum atomic E-state index is -1.82. The van der Waals surface area contributed by atoms with E-state index in [0.717, 1.165) is 48.4 Å². The summed E-state index contributed by atoms with van der Waals surface area (Å²) in [6, 6.07) is 11.7. The highest BCUT2D eigenvalue weighted by Gasteiger charge is 2.44. The van der Waals surface area contributed by atoms with Crippen molar-refractivity contribution in [3.63, 3.8) is 0 Å². The summed E-state index contributed by atoms with van der Waals surface area (Å²) < 4.78 is 10.8. The van der Waals surface area contributed by atoms with Gasteiger partial charge in [-0.3, -0.25) is 14.4 Å². The minimum absolute atomic E-state index is 0.0167. The molecule has 1 aliphatic carbocycles. The largest absolute Gasteiger partial charge is 0.461 e. The number of H-pyrrole nitrogens is 1. The number of ketones is 1. The zero-order valence-corrected chi connectivity index (χ0v) is 29.1. The van der Waals surface area contributed by atoms with Crippen molar-refractivity contribution < 1.29 is 33.8 Å². The molecule has 1 aliphatic heterocycles. The molecule has 2 fully saturated rings. The van der Waals surface area contributed by atoms with E-state index in [1.807, 2.05) is 42.5 Å². The SMILES string of the molecule is CC(C)OC(=O)C(O)C(C(=O)[C@H](Cc1cnc[nH]1)NC(=O)C(CC(=O)N1CCOCC1)Cc1cccc2ccccc12)C(N)C1CCCCC1. The molecule has 270 valence electrons. The number of ether oxygens (including phenoxy) is 2. The molecule has 12 nitrogen and oxygen atoms in total. The van der Waals surface area contributed by atoms with E-state index in [2.05, 4.69) is 15.3 Å². The van der Waals surface area contributed by atoms with E-state index in [1.54, 1.807) is 24.9 Å². The van der Waals surface area contributed by atoms with Crippen molar-refractivity contribution in [3.05, 3.63) is 66.2 Å². The fourth-order valence-electron chi connectivity index (χ4n) is 7.32. The van der Waals surface area contributed by atoms with Crippen LogP contribution in [-0.4, -0.2) is 94.1 Å². The summed E-state index contributed by atoms with van der Waals surface area (Å²) in [5.41, 5.74) is 8.26. The number of morpholine rings is 1. The van der Waals surface area contributed by atoms with Gasteiger partial charge in [-0.05, 0) is 55.4 Å². The van der Waals surface area contributed by atoms with Crippen molar-refractivity contribution in [2.45, 2.75) is 89.5 Å². The zero-order chi connectivity index (χ0) is 35.6. The van der Waals surface area contributed by atoms with Crippen LogP contribution in [0.1, 0.15) is 63.6 Å². The van der Waals surface area contributed by atoms with E-state index in [4.69, 9.17) is 15.2 Å². The third kappa shape index (κ3) is 9.55. The predicted molar refractivity (Wildman–Crippen MR) is 188 cm³/mol. The molecule has 5 N–H and O–H groups in total. The van der Waals surface area contributed by atoms with Crippen LogP contribution in [0.15, 0.2) is 55.0 Å². The number of carbonyl (C=O) groups excluding carboxylic acids is 4. The predicted octanol–water partition coefficient (Wildman–Crippen LogP) is 3.10. The number of aliphatic hydroxyl groups is 1. The number of esters is 1. The maximum absolute atomic E-state index is 14.7. The summed E-state index contributed by atoms with van der Waals surface area (Å²) in [6.07, 6.45) is 5.36. The lowest BCUT2D eigenvalue weighted by atomic mass is 9.74. The Morgan fingerprint density at radius 3 is 2.46 bits per heavy atom. The van der Waals surface area contributed by atoms with Gasteiger partial charge in [-0.1, -0.05) is 61.7 Å². The Morgan fingerprint density at radius 1 is 1.04 bits per heavy atom. The van der Waals surface area contributed by atoms with E-state index in [-0.39, 0.29) is 31.1 Å². The smallest absolute Gasteiger partial charge is 0.336 e. The normalized spacial score (nSPS) is 18.6. The molecule has 3 aromatic rings. The molecule has 1 aromatic heterocycles. The average Bonchev–Trinajstić information content (AvgIpc) is 3.64. The van der Waals surface area contributed by atoms with Crippen LogP contribution in [0.3, 0.4) is 0 Å². The number of nitrogens with one attached hydrogen (secondary N) is 2. The topological polar surface area (TPSA) is 177 Å². The molecule has 0 radical (unpaired) electrons. The molecule has 4 unspecified atom stereocenters. The maximum Gasteiger partial charge on any atom is 0.336 e. The van der Waals surface area contributed by atoms with Gasteiger partial charge in [0.05, 0.1) is 43.5 Å². The Labute approximate surface area is 293 Å². The van der Waals surface area contributed by atoms with Crippen LogP contribution in [0.25, 0.3) is 10.8 Å². The van der Waals surface area contributed by atoms with Crippen molar-refractivity contribution in [1.82, 2.24) is 20.2 Å². The first kappa shape index (κ1) is 37.1. The van der Waals surface area contributed by atoms with Gasteiger partial charge in [0.25, 0.3) is 0 Å². The Balaban J connectivity index is 1.46. The number of rotatable bonds is 15. The molecule has 2 amide bonds. The van der Waals surface area contributed by atoms with Gasteiger partial charge >= 0.3 is 5.97 Å². The fraction of sp³-hybridized carbons (Fsp3) is 0.553. The summed E-state index contributed by atoms with van der Waals surface area (Å²) in [5.74, 6) is -4.40. The van der Waals surface area contributed by atoms with Crippen LogP contribution in [0.5, 0.6) is 0 Å². The first-order chi connectivity index (χ1) is 24.1. The number of hydrogen-bond acceptors (Lipinski definition) is 9. The van der Waals surface area contributed by atoms with Crippen molar-refractivity contribution >= 4 is 34.3 Å². The zero-order valence-electron chi connectivity index (χ0n) is 29.1. The third-order valence-electron chi connectivity index (χ3n) is 10.0. The Bertz CT molecular complexity index is 1580. The lowest BCUT2D eigenvalue weighted by Crippen LogP contribution is -2.57. The van der Waals surface area contributed by atoms with E-state index >= 15 is 0 Å². The highest BCUT2D eigenvalue weighted by molar-refractivity contribution is 5.96. The molecule has 2 aliphatic rings. The molecular weight excluding hydrogens is 638 g/mol. The number of fused-ring (bicyclic) bond motifs is 1. The van der Waals surface area contributed by atoms with Gasteiger partial charge in [0.1, 0.15) is 0 Å². The molecule has 0 spiro atoms. The van der Waals surface area contributed by atoms with Crippen molar-refractivity contribution in [2.75, 3.05) is 26.3 Å². The van der Waals surface area contributed by atoms with Crippen molar-refractivity contribution in [1.29, 1.82) is 0 Å². The molecule has 1 saturated carbocycles. The standard InChI is InChI=1S/C38H51N5O7/c1-24(2)50-38(48)36(46)33(34(39)26-10-4-3-5-11-26)35(45)31(21-29-22-40-23-41-29)42-37(47)28(20-32(44)43-15-17-49-18-16-43)19-27-13-8-12-25-9-6-7-14-30(25)27/h6-9,12-14,22-24,26,28,31,33-34,36,46H,3-5,10-11,15-21,39H2,1-2H3,(H,40,41)(H,42,47)/t28?,31-,33?,34?,36?/m0/s1. The molecule has 50 heavy (non-hydrogen) atoms. The fourth-order valence-corrected chi connectivity index (χ4v) is 7.32. The van der Waals surface area contributed by atoms with E-state index in [9.17, 15) is 24.3 Å². The lowest BCUT2D eigenvalue weighted by molar-refractivity contribution is -0.164. The van der Waals surface area contributed by atoms with Crippen LogP contribution < -0.4 is 11.1 Å².